The molecular weight excluding hydrogens is 262 g/mol. The van der Waals surface area contributed by atoms with E-state index in [2.05, 4.69) is 27.4 Å². The molecule has 1 saturated heterocycles. The predicted octanol–water partition coefficient (Wildman–Crippen LogP) is 3.90. The zero-order chi connectivity index (χ0) is 15.9. The Morgan fingerprint density at radius 2 is 2.00 bits per heavy atom. The van der Waals surface area contributed by atoms with Gasteiger partial charge in [0.15, 0.2) is 5.78 Å². The fraction of sp³-hybridized carbons (Fsp3) is 0.667. The van der Waals surface area contributed by atoms with E-state index in [1.54, 1.807) is 6.08 Å². The molecule has 3 heteroatoms. The second-order valence-electron chi connectivity index (χ2n) is 6.68. The highest BCUT2D eigenvalue weighted by Gasteiger charge is 2.31. The van der Waals surface area contributed by atoms with Crippen molar-refractivity contribution in [2.75, 3.05) is 13.1 Å². The fourth-order valence-corrected chi connectivity index (χ4v) is 2.65. The van der Waals surface area contributed by atoms with Gasteiger partial charge in [-0.25, -0.2) is 0 Å². The molecule has 0 radical (unpaired) electrons. The number of unbranched alkanes of at least 4 members (excludes halogenated alkanes) is 1. The second kappa shape index (κ2) is 8.16. The maximum atomic E-state index is 12.2. The van der Waals surface area contributed by atoms with Crippen LogP contribution in [0.1, 0.15) is 59.3 Å². The normalized spacial score (nSPS) is 17.9. The lowest BCUT2D eigenvalue weighted by Crippen LogP contribution is -2.29. The Morgan fingerprint density at radius 3 is 2.52 bits per heavy atom. The molecule has 0 aromatic rings. The van der Waals surface area contributed by atoms with Gasteiger partial charge < -0.3 is 4.90 Å². The lowest BCUT2D eigenvalue weighted by Gasteiger charge is -2.19. The van der Waals surface area contributed by atoms with Crippen LogP contribution in [0, 0.1) is 5.41 Å². The molecule has 1 aliphatic rings. The first-order valence-corrected chi connectivity index (χ1v) is 8.00. The van der Waals surface area contributed by atoms with Gasteiger partial charge in [-0.05, 0) is 30.3 Å². The number of hydrogen-bond acceptors (Lipinski definition) is 2. The van der Waals surface area contributed by atoms with Crippen molar-refractivity contribution in [3.63, 3.8) is 0 Å². The molecular formula is C18H29NO2. The van der Waals surface area contributed by atoms with Gasteiger partial charge in [-0.1, -0.05) is 39.3 Å². The number of ketones is 1. The molecule has 3 nitrogen and oxygen atoms in total. The van der Waals surface area contributed by atoms with Gasteiger partial charge in [-0.3, -0.25) is 9.59 Å². The molecule has 0 N–H and O–H groups in total. The highest BCUT2D eigenvalue weighted by molar-refractivity contribution is 5.96. The maximum absolute atomic E-state index is 12.2. The molecule has 1 amide bonds. The van der Waals surface area contributed by atoms with Crippen molar-refractivity contribution >= 4 is 11.7 Å². The quantitative estimate of drug-likeness (QED) is 0.502. The van der Waals surface area contributed by atoms with E-state index in [4.69, 9.17) is 0 Å². The number of amides is 1. The summed E-state index contributed by atoms with van der Waals surface area (Å²) in [7, 11) is 0. The van der Waals surface area contributed by atoms with Crippen LogP contribution in [0.5, 0.6) is 0 Å². The third-order valence-corrected chi connectivity index (χ3v) is 4.04. The topological polar surface area (TPSA) is 37.4 Å². The molecule has 1 heterocycles. The van der Waals surface area contributed by atoms with E-state index < -0.39 is 0 Å². The van der Waals surface area contributed by atoms with Gasteiger partial charge in [0.05, 0.1) is 0 Å². The summed E-state index contributed by atoms with van der Waals surface area (Å²) in [5, 5.41) is 0. The van der Waals surface area contributed by atoms with Crippen molar-refractivity contribution in [2.45, 2.75) is 59.3 Å². The molecule has 118 valence electrons. The Labute approximate surface area is 129 Å². The van der Waals surface area contributed by atoms with E-state index in [0.29, 0.717) is 12.8 Å². The van der Waals surface area contributed by atoms with Crippen LogP contribution in [0.25, 0.3) is 0 Å². The second-order valence-corrected chi connectivity index (χ2v) is 6.68. The van der Waals surface area contributed by atoms with Crippen LogP contribution < -0.4 is 0 Å². The molecule has 0 aromatic carbocycles. The zero-order valence-electron chi connectivity index (χ0n) is 13.8. The third-order valence-electron chi connectivity index (χ3n) is 4.04. The van der Waals surface area contributed by atoms with Gasteiger partial charge in [0, 0.05) is 25.9 Å². The zero-order valence-corrected chi connectivity index (χ0v) is 13.8. The lowest BCUT2D eigenvalue weighted by molar-refractivity contribution is -0.129. The van der Waals surface area contributed by atoms with Crippen molar-refractivity contribution in [2.24, 2.45) is 5.41 Å². The average molecular weight is 291 g/mol. The Morgan fingerprint density at radius 1 is 1.29 bits per heavy atom. The van der Waals surface area contributed by atoms with Gasteiger partial charge in [0.25, 0.3) is 0 Å². The Balaban J connectivity index is 2.62. The van der Waals surface area contributed by atoms with Crippen LogP contribution in [0.3, 0.4) is 0 Å². The molecule has 1 aliphatic heterocycles. The highest BCUT2D eigenvalue weighted by atomic mass is 16.2. The van der Waals surface area contributed by atoms with Gasteiger partial charge in [-0.2, -0.15) is 0 Å². The summed E-state index contributed by atoms with van der Waals surface area (Å²) in [6, 6.07) is 0. The largest absolute Gasteiger partial charge is 0.342 e. The Bertz CT molecular complexity index is 421. The van der Waals surface area contributed by atoms with Crippen LogP contribution >= 0.6 is 0 Å². The van der Waals surface area contributed by atoms with Gasteiger partial charge >= 0.3 is 0 Å². The molecule has 0 bridgehead atoms. The maximum Gasteiger partial charge on any atom is 0.226 e. The van der Waals surface area contributed by atoms with Gasteiger partial charge in [0.2, 0.25) is 5.91 Å². The summed E-state index contributed by atoms with van der Waals surface area (Å²) in [5.41, 5.74) is 1.02. The number of carbonyl (C=O) groups excluding carboxylic acids is 2. The van der Waals surface area contributed by atoms with E-state index in [1.807, 2.05) is 11.0 Å². The number of Topliss-reactive ketones (excluding diaryl/α,β-unsaturated/α-hetero) is 1. The number of hydrogen-bond donors (Lipinski definition) is 0. The molecule has 1 rings (SSSR count). The predicted molar refractivity (Wildman–Crippen MR) is 87.0 cm³/mol. The third kappa shape index (κ3) is 5.86. The summed E-state index contributed by atoms with van der Waals surface area (Å²) in [6.07, 6.45) is 8.04. The first-order chi connectivity index (χ1) is 9.89. The molecule has 0 aromatic heterocycles. The summed E-state index contributed by atoms with van der Waals surface area (Å²) >= 11 is 0. The molecule has 0 atom stereocenters. The summed E-state index contributed by atoms with van der Waals surface area (Å²) in [4.78, 5) is 26.2. The molecule has 0 aliphatic carbocycles. The number of carbonyl (C=O) groups is 2. The van der Waals surface area contributed by atoms with E-state index in [1.165, 1.54) is 0 Å². The number of likely N-dealkylation sites (tertiary alicyclic amines) is 1. The van der Waals surface area contributed by atoms with Crippen molar-refractivity contribution in [1.29, 1.82) is 0 Å². The molecule has 0 saturated carbocycles. The molecule has 0 unspecified atom stereocenters. The number of nitrogens with zero attached hydrogens (tertiary/aromatic N) is 1. The summed E-state index contributed by atoms with van der Waals surface area (Å²) in [6.45, 7) is 11.8. The van der Waals surface area contributed by atoms with E-state index in [0.717, 1.165) is 44.3 Å². The van der Waals surface area contributed by atoms with Crippen LogP contribution in [0.4, 0.5) is 0 Å². The molecule has 1 fully saturated rings. The van der Waals surface area contributed by atoms with E-state index >= 15 is 0 Å². The van der Waals surface area contributed by atoms with Crippen LogP contribution in [-0.2, 0) is 9.59 Å². The van der Waals surface area contributed by atoms with E-state index in [-0.39, 0.29) is 17.1 Å². The minimum absolute atomic E-state index is 0.105. The fourth-order valence-electron chi connectivity index (χ4n) is 2.65. The standard InChI is InChI=1S/C18H29NO2/c1-5-7-9-15(16(20)8-6-2)10-11-17(21)19-13-12-18(3,4)14-19/h6,10H,2,5,7-9,11-14H2,1,3-4H3/b15-10+. The van der Waals surface area contributed by atoms with E-state index in [9.17, 15) is 9.59 Å². The van der Waals surface area contributed by atoms with Crippen molar-refractivity contribution in [3.8, 4) is 0 Å². The van der Waals surface area contributed by atoms with Crippen molar-refractivity contribution in [1.82, 2.24) is 4.90 Å². The molecule has 21 heavy (non-hydrogen) atoms. The SMILES string of the molecule is C=CCC(=O)/C(=C/CC(=O)N1CCC(C)(C)C1)CCCC. The smallest absolute Gasteiger partial charge is 0.226 e. The average Bonchev–Trinajstić information content (AvgIpc) is 2.79. The van der Waals surface area contributed by atoms with Gasteiger partial charge in [-0.15, -0.1) is 6.58 Å². The van der Waals surface area contributed by atoms with Crippen LogP contribution in [0.2, 0.25) is 0 Å². The first-order valence-electron chi connectivity index (χ1n) is 8.00. The molecule has 0 spiro atoms. The Kier molecular flexibility index (Phi) is 6.86. The first kappa shape index (κ1) is 17.7. The number of rotatable bonds is 8. The monoisotopic (exact) mass is 291 g/mol. The minimum Gasteiger partial charge on any atom is -0.342 e. The van der Waals surface area contributed by atoms with Crippen LogP contribution in [-0.4, -0.2) is 29.7 Å². The minimum atomic E-state index is 0.105. The van der Waals surface area contributed by atoms with Crippen molar-refractivity contribution in [3.05, 3.63) is 24.3 Å². The summed E-state index contributed by atoms with van der Waals surface area (Å²) < 4.78 is 0. The van der Waals surface area contributed by atoms with Crippen LogP contribution in [0.15, 0.2) is 24.3 Å². The lowest BCUT2D eigenvalue weighted by atomic mass is 9.93. The summed E-state index contributed by atoms with van der Waals surface area (Å²) in [5.74, 6) is 0.244. The highest BCUT2D eigenvalue weighted by Crippen LogP contribution is 2.29. The van der Waals surface area contributed by atoms with Crippen molar-refractivity contribution < 1.29 is 9.59 Å². The Hall–Kier alpha value is -1.38. The number of allylic oxidation sites excluding steroid dienone is 2. The van der Waals surface area contributed by atoms with Gasteiger partial charge in [0.1, 0.15) is 0 Å².